The topological polar surface area (TPSA) is 251 Å². The Bertz CT molecular complexity index is 193. The van der Waals surface area contributed by atoms with Crippen molar-refractivity contribution in [1.29, 1.82) is 0 Å². The van der Waals surface area contributed by atoms with Crippen LogP contribution in [-0.4, -0.2) is 52.2 Å². The highest BCUT2D eigenvalue weighted by molar-refractivity contribution is 4.35. The lowest BCUT2D eigenvalue weighted by molar-refractivity contribution is -0.742. The molecule has 0 saturated heterocycles. The molecule has 0 aromatic carbocycles. The fourth-order valence-corrected chi connectivity index (χ4v) is 0. The fourth-order valence-electron chi connectivity index (χ4n) is 0. The standard InChI is InChI=1S/C3H8O3.3HNO3/c1-2-3(4,5)6;3*2-1(3)4/h4-6H,2H2,1H3;3*(H,2,3,4). The molecule has 0 aromatic heterocycles. The lowest BCUT2D eigenvalue weighted by atomic mass is 10.4. The Morgan fingerprint density at radius 3 is 0.889 bits per heavy atom. The SMILES string of the molecule is CCC(O)(O)O.O=[N+]([O-])O.O=[N+]([O-])O.O=[N+]([O-])O. The molecule has 0 amide bonds. The van der Waals surface area contributed by atoms with Crippen LogP contribution in [0.4, 0.5) is 0 Å². The van der Waals surface area contributed by atoms with Crippen molar-refractivity contribution in [2.24, 2.45) is 0 Å². The van der Waals surface area contributed by atoms with Crippen molar-refractivity contribution in [3.8, 4) is 0 Å². The third-order valence-corrected chi connectivity index (χ3v) is 0.474. The Balaban J connectivity index is -0.0000000742. The zero-order valence-electron chi connectivity index (χ0n) is 8.68. The van der Waals surface area contributed by atoms with Gasteiger partial charge in [0.25, 0.3) is 21.2 Å². The van der Waals surface area contributed by atoms with E-state index in [9.17, 15) is 0 Å². The maximum Gasteiger partial charge on any atom is 0.291 e. The molecule has 0 rings (SSSR count). The van der Waals surface area contributed by atoms with Gasteiger partial charge in [-0.2, -0.15) is 0 Å². The molecule has 110 valence electrons. The summed E-state index contributed by atoms with van der Waals surface area (Å²) in [5, 5.41) is 64.7. The Morgan fingerprint density at radius 1 is 0.833 bits per heavy atom. The van der Waals surface area contributed by atoms with E-state index in [4.69, 9.17) is 61.3 Å². The maximum atomic E-state index is 8.36. The minimum absolute atomic E-state index is 0.0625. The summed E-state index contributed by atoms with van der Waals surface area (Å²) >= 11 is 0. The van der Waals surface area contributed by atoms with Crippen molar-refractivity contribution in [2.45, 2.75) is 19.3 Å². The minimum Gasteiger partial charge on any atom is -0.344 e. The summed E-state index contributed by atoms with van der Waals surface area (Å²) in [6, 6.07) is 0. The van der Waals surface area contributed by atoms with E-state index in [1.54, 1.807) is 0 Å². The molecule has 0 aliphatic carbocycles. The zero-order valence-corrected chi connectivity index (χ0v) is 8.68. The third kappa shape index (κ3) is 9110. The number of aliphatic hydroxyl groups is 3. The molecule has 0 bridgehead atoms. The molecule has 0 heterocycles. The molecule has 0 aliphatic rings. The number of hydrogen-bond acceptors (Lipinski definition) is 9. The fraction of sp³-hybridized carbons (Fsp3) is 1.00. The van der Waals surface area contributed by atoms with Crippen LogP contribution in [0.25, 0.3) is 0 Å². The van der Waals surface area contributed by atoms with E-state index >= 15 is 0 Å². The molecule has 0 aromatic rings. The average molecular weight is 281 g/mol. The molecule has 18 heavy (non-hydrogen) atoms. The molecule has 0 saturated carbocycles. The van der Waals surface area contributed by atoms with Gasteiger partial charge in [-0.15, -0.1) is 30.3 Å². The predicted molar refractivity (Wildman–Crippen MR) is 46.0 cm³/mol. The summed E-state index contributed by atoms with van der Waals surface area (Å²) in [5.41, 5.74) is 0. The summed E-state index contributed by atoms with van der Waals surface area (Å²) in [6.45, 7) is 1.46. The second-order valence-electron chi connectivity index (χ2n) is 1.84. The van der Waals surface area contributed by atoms with Crippen molar-refractivity contribution in [3.63, 3.8) is 0 Å². The van der Waals surface area contributed by atoms with Crippen LogP contribution in [0.3, 0.4) is 0 Å². The van der Waals surface area contributed by atoms with E-state index in [0.29, 0.717) is 0 Å². The quantitative estimate of drug-likeness (QED) is 0.173. The smallest absolute Gasteiger partial charge is 0.291 e. The number of rotatable bonds is 1. The summed E-state index contributed by atoms with van der Waals surface area (Å²) in [4.78, 5) is 25.1. The van der Waals surface area contributed by atoms with Gasteiger partial charge in [-0.1, -0.05) is 6.92 Å². The van der Waals surface area contributed by atoms with Gasteiger partial charge in [0, 0.05) is 6.42 Å². The summed E-state index contributed by atoms with van der Waals surface area (Å²) in [6.07, 6.45) is -0.0625. The van der Waals surface area contributed by atoms with E-state index in [0.717, 1.165) is 0 Å². The Hall–Kier alpha value is -2.52. The largest absolute Gasteiger partial charge is 0.344 e. The second kappa shape index (κ2) is 14.5. The van der Waals surface area contributed by atoms with Crippen molar-refractivity contribution >= 4 is 0 Å². The molecule has 15 heteroatoms. The van der Waals surface area contributed by atoms with Crippen LogP contribution in [0.15, 0.2) is 0 Å². The van der Waals surface area contributed by atoms with Crippen LogP contribution in [0.1, 0.15) is 13.3 Å². The lowest BCUT2D eigenvalue weighted by Gasteiger charge is -2.08. The number of hydrogen-bond donors (Lipinski definition) is 6. The second-order valence-corrected chi connectivity index (χ2v) is 1.84. The van der Waals surface area contributed by atoms with Gasteiger partial charge in [0.05, 0.1) is 0 Å². The first-order chi connectivity index (χ1) is 7.76. The van der Waals surface area contributed by atoms with Gasteiger partial charge in [-0.3, -0.25) is 0 Å². The molecular weight excluding hydrogens is 270 g/mol. The molecule has 0 unspecified atom stereocenters. The maximum absolute atomic E-state index is 8.36. The molecule has 0 spiro atoms. The predicted octanol–water partition coefficient (Wildman–Crippen LogP) is -2.02. The van der Waals surface area contributed by atoms with Crippen LogP contribution in [0.2, 0.25) is 0 Å². The monoisotopic (exact) mass is 281 g/mol. The molecular formula is C3H11N3O12. The van der Waals surface area contributed by atoms with Crippen LogP contribution >= 0.6 is 0 Å². The normalized spacial score (nSPS) is 8.00. The highest BCUT2D eigenvalue weighted by Crippen LogP contribution is 1.95. The van der Waals surface area contributed by atoms with Crippen molar-refractivity contribution in [3.05, 3.63) is 30.3 Å². The van der Waals surface area contributed by atoms with E-state index in [1.165, 1.54) is 6.92 Å². The molecule has 0 aliphatic heterocycles. The Kier molecular flexibility index (Phi) is 19.8. The van der Waals surface area contributed by atoms with E-state index in [2.05, 4.69) is 0 Å². The Labute approximate surface area is 97.1 Å². The van der Waals surface area contributed by atoms with Gasteiger partial charge >= 0.3 is 0 Å². The molecule has 6 N–H and O–H groups in total. The first kappa shape index (κ1) is 24.6. The average Bonchev–Trinajstić information content (AvgIpc) is 1.99. The summed E-state index contributed by atoms with van der Waals surface area (Å²) in [7, 11) is 0. The van der Waals surface area contributed by atoms with Gasteiger partial charge in [-0.05, 0) is 0 Å². The molecule has 0 radical (unpaired) electrons. The van der Waals surface area contributed by atoms with Gasteiger partial charge < -0.3 is 30.9 Å². The van der Waals surface area contributed by atoms with Crippen molar-refractivity contribution < 1.29 is 46.2 Å². The van der Waals surface area contributed by atoms with Crippen LogP contribution in [-0.2, 0) is 0 Å². The third-order valence-electron chi connectivity index (χ3n) is 0.474. The minimum atomic E-state index is -2.46. The highest BCUT2D eigenvalue weighted by Gasteiger charge is 2.11. The summed E-state index contributed by atoms with van der Waals surface area (Å²) in [5.74, 6) is -2.46. The molecule has 15 nitrogen and oxygen atoms in total. The molecule has 0 atom stereocenters. The Morgan fingerprint density at radius 2 is 0.889 bits per heavy atom. The van der Waals surface area contributed by atoms with Gasteiger partial charge in [0.2, 0.25) is 0 Å². The van der Waals surface area contributed by atoms with Crippen LogP contribution in [0.5, 0.6) is 0 Å². The lowest BCUT2D eigenvalue weighted by Crippen LogP contribution is -2.24. The van der Waals surface area contributed by atoms with E-state index in [1.807, 2.05) is 0 Å². The van der Waals surface area contributed by atoms with E-state index < -0.39 is 21.2 Å². The zero-order chi connectivity index (χ0) is 15.9. The molecule has 0 fully saturated rings. The number of nitrogens with zero attached hydrogens (tertiary/aromatic N) is 3. The van der Waals surface area contributed by atoms with Gasteiger partial charge in [0.15, 0.2) is 0 Å². The highest BCUT2D eigenvalue weighted by atomic mass is 16.9. The van der Waals surface area contributed by atoms with Gasteiger partial charge in [-0.25, -0.2) is 0 Å². The first-order valence-electron chi connectivity index (χ1n) is 3.43. The van der Waals surface area contributed by atoms with Crippen molar-refractivity contribution in [1.82, 2.24) is 0 Å². The van der Waals surface area contributed by atoms with Crippen LogP contribution in [0, 0.1) is 30.3 Å². The van der Waals surface area contributed by atoms with E-state index in [-0.39, 0.29) is 6.42 Å². The van der Waals surface area contributed by atoms with Crippen molar-refractivity contribution in [2.75, 3.05) is 0 Å². The summed E-state index contributed by atoms with van der Waals surface area (Å²) < 4.78 is 0. The van der Waals surface area contributed by atoms with Gasteiger partial charge in [0.1, 0.15) is 0 Å². The first-order valence-corrected chi connectivity index (χ1v) is 3.43. The van der Waals surface area contributed by atoms with Crippen LogP contribution < -0.4 is 0 Å².